The molecule has 0 spiro atoms. The molecule has 0 saturated carbocycles. The molecule has 1 aliphatic heterocycles. The van der Waals surface area contributed by atoms with E-state index in [-0.39, 0.29) is 31.8 Å². The number of aliphatic carboxylic acids is 1. The van der Waals surface area contributed by atoms with Gasteiger partial charge in [-0.05, 0) is 32.4 Å². The van der Waals surface area contributed by atoms with Gasteiger partial charge in [-0.1, -0.05) is 0 Å². The number of halogens is 3. The number of alkyl halides is 2. The summed E-state index contributed by atoms with van der Waals surface area (Å²) in [6.45, 7) is 0.734. The van der Waals surface area contributed by atoms with E-state index in [1.54, 1.807) is 0 Å². The second-order valence-electron chi connectivity index (χ2n) is 3.51. The molecule has 1 atom stereocenters. The summed E-state index contributed by atoms with van der Waals surface area (Å²) in [5.41, 5.74) is -2.41. The van der Waals surface area contributed by atoms with Crippen molar-refractivity contribution in [3.63, 3.8) is 0 Å². The summed E-state index contributed by atoms with van der Waals surface area (Å²) in [5, 5.41) is 20.7. The van der Waals surface area contributed by atoms with E-state index in [0.29, 0.717) is 13.0 Å². The summed E-state index contributed by atoms with van der Waals surface area (Å²) in [5.74, 6) is -6.33. The average molecular weight is 246 g/mol. The molecule has 1 saturated heterocycles. The van der Waals surface area contributed by atoms with Crippen LogP contribution in [-0.4, -0.2) is 40.8 Å². The first kappa shape index (κ1) is 14.5. The van der Waals surface area contributed by atoms with Gasteiger partial charge in [0.2, 0.25) is 0 Å². The van der Waals surface area contributed by atoms with Crippen LogP contribution in [0.5, 0.6) is 0 Å². The van der Waals surface area contributed by atoms with E-state index in [9.17, 15) is 18.7 Å². The lowest BCUT2D eigenvalue weighted by molar-refractivity contribution is -0.210. The molecule has 1 fully saturated rings. The zero-order valence-corrected chi connectivity index (χ0v) is 8.82. The first-order chi connectivity index (χ1) is 6.40. The second kappa shape index (κ2) is 5.05. The zero-order valence-electron chi connectivity index (χ0n) is 8.00. The molecule has 7 heteroatoms. The Kier molecular flexibility index (Phi) is 4.89. The number of rotatable bonds is 2. The minimum Gasteiger partial charge on any atom is -0.477 e. The highest BCUT2D eigenvalue weighted by Gasteiger charge is 2.58. The lowest BCUT2D eigenvalue weighted by atomic mass is 9.88. The SMILES string of the molecule is Cl.O=C(O)C(F)(F)C1(O)CCCNCC1. The number of hydrogen-bond donors (Lipinski definition) is 3. The molecule has 0 aliphatic carbocycles. The van der Waals surface area contributed by atoms with Crippen LogP contribution in [0.2, 0.25) is 0 Å². The van der Waals surface area contributed by atoms with E-state index in [1.807, 2.05) is 0 Å². The van der Waals surface area contributed by atoms with Crippen molar-refractivity contribution in [2.75, 3.05) is 13.1 Å². The Labute approximate surface area is 92.1 Å². The Balaban J connectivity index is 0.00000196. The Morgan fingerprint density at radius 3 is 2.47 bits per heavy atom. The van der Waals surface area contributed by atoms with Crippen LogP contribution in [0.3, 0.4) is 0 Å². The highest BCUT2D eigenvalue weighted by molar-refractivity contribution is 5.85. The molecule has 1 aliphatic rings. The first-order valence-corrected chi connectivity index (χ1v) is 4.44. The predicted molar refractivity (Wildman–Crippen MR) is 51.5 cm³/mol. The fourth-order valence-electron chi connectivity index (χ4n) is 1.56. The molecule has 3 N–H and O–H groups in total. The number of nitrogens with one attached hydrogen (secondary N) is 1. The number of carboxylic acids is 1. The van der Waals surface area contributed by atoms with Gasteiger partial charge >= 0.3 is 11.9 Å². The first-order valence-electron chi connectivity index (χ1n) is 4.44. The zero-order chi connectivity index (χ0) is 10.8. The third kappa shape index (κ3) is 2.76. The third-order valence-corrected chi connectivity index (χ3v) is 2.51. The summed E-state index contributed by atoms with van der Waals surface area (Å²) in [4.78, 5) is 10.3. The predicted octanol–water partition coefficient (Wildman–Crippen LogP) is 0.633. The van der Waals surface area contributed by atoms with Gasteiger partial charge in [-0.25, -0.2) is 4.79 Å². The number of aliphatic hydroxyl groups is 1. The van der Waals surface area contributed by atoms with Crippen molar-refractivity contribution in [3.05, 3.63) is 0 Å². The molecule has 4 nitrogen and oxygen atoms in total. The van der Waals surface area contributed by atoms with Crippen LogP contribution >= 0.6 is 12.4 Å². The van der Waals surface area contributed by atoms with Crippen LogP contribution in [0.1, 0.15) is 19.3 Å². The van der Waals surface area contributed by atoms with Crippen LogP contribution in [-0.2, 0) is 4.79 Å². The van der Waals surface area contributed by atoms with E-state index < -0.39 is 17.5 Å². The number of carbonyl (C=O) groups is 1. The van der Waals surface area contributed by atoms with Crippen LogP contribution in [0.25, 0.3) is 0 Å². The van der Waals surface area contributed by atoms with Crippen molar-refractivity contribution in [2.24, 2.45) is 0 Å². The highest BCUT2D eigenvalue weighted by Crippen LogP contribution is 2.36. The normalized spacial score (nSPS) is 27.7. The Morgan fingerprint density at radius 2 is 1.93 bits per heavy atom. The Hall–Kier alpha value is -0.460. The van der Waals surface area contributed by atoms with Crippen LogP contribution in [0.4, 0.5) is 8.78 Å². The second-order valence-corrected chi connectivity index (χ2v) is 3.51. The maximum Gasteiger partial charge on any atom is 0.377 e. The fraction of sp³-hybridized carbons (Fsp3) is 0.875. The topological polar surface area (TPSA) is 69.6 Å². The fourth-order valence-corrected chi connectivity index (χ4v) is 1.56. The van der Waals surface area contributed by atoms with Gasteiger partial charge in [-0.2, -0.15) is 8.78 Å². The lowest BCUT2D eigenvalue weighted by Gasteiger charge is -2.31. The smallest absolute Gasteiger partial charge is 0.377 e. The molecule has 90 valence electrons. The molecule has 15 heavy (non-hydrogen) atoms. The number of carboxylic acid groups (broad SMARTS) is 1. The minimum atomic E-state index is -4.07. The van der Waals surface area contributed by atoms with E-state index in [4.69, 9.17) is 5.11 Å². The molecule has 0 bridgehead atoms. The molecule has 0 amide bonds. The Bertz CT molecular complexity index is 230. The summed E-state index contributed by atoms with van der Waals surface area (Å²) >= 11 is 0. The standard InChI is InChI=1S/C8H13F2NO3.ClH/c9-8(10,6(12)13)7(14)2-1-4-11-5-3-7;/h11,14H,1-5H2,(H,12,13);1H. The van der Waals surface area contributed by atoms with E-state index >= 15 is 0 Å². The molecule has 0 radical (unpaired) electrons. The van der Waals surface area contributed by atoms with E-state index in [0.717, 1.165) is 0 Å². The molecule has 0 aromatic carbocycles. The molecule has 0 aromatic heterocycles. The molecule has 0 aromatic rings. The summed E-state index contributed by atoms with van der Waals surface area (Å²) < 4.78 is 26.2. The van der Waals surface area contributed by atoms with Crippen LogP contribution in [0, 0.1) is 0 Å². The summed E-state index contributed by atoms with van der Waals surface area (Å²) in [6.07, 6.45) is -0.0923. The average Bonchev–Trinajstić information content (AvgIpc) is 2.30. The largest absolute Gasteiger partial charge is 0.477 e. The van der Waals surface area contributed by atoms with Gasteiger partial charge in [-0.15, -0.1) is 12.4 Å². The van der Waals surface area contributed by atoms with Gasteiger partial charge < -0.3 is 15.5 Å². The van der Waals surface area contributed by atoms with Gasteiger partial charge in [0.05, 0.1) is 0 Å². The van der Waals surface area contributed by atoms with Gasteiger partial charge in [-0.3, -0.25) is 0 Å². The van der Waals surface area contributed by atoms with Gasteiger partial charge in [0, 0.05) is 0 Å². The quantitative estimate of drug-likeness (QED) is 0.668. The van der Waals surface area contributed by atoms with Crippen molar-refractivity contribution in [2.45, 2.75) is 30.8 Å². The highest BCUT2D eigenvalue weighted by atomic mass is 35.5. The molecule has 1 rings (SSSR count). The van der Waals surface area contributed by atoms with E-state index in [2.05, 4.69) is 5.32 Å². The molecular weight excluding hydrogens is 232 g/mol. The summed E-state index contributed by atoms with van der Waals surface area (Å²) in [6, 6.07) is 0. The maximum atomic E-state index is 13.1. The van der Waals surface area contributed by atoms with Crippen molar-refractivity contribution in [1.82, 2.24) is 5.32 Å². The van der Waals surface area contributed by atoms with Crippen molar-refractivity contribution in [1.29, 1.82) is 0 Å². The van der Waals surface area contributed by atoms with Gasteiger partial charge in [0.1, 0.15) is 5.60 Å². The van der Waals surface area contributed by atoms with Crippen molar-refractivity contribution < 1.29 is 23.8 Å². The molecule has 1 unspecified atom stereocenters. The Morgan fingerprint density at radius 1 is 1.33 bits per heavy atom. The minimum absolute atomic E-state index is 0. The van der Waals surface area contributed by atoms with Gasteiger partial charge in [0.15, 0.2) is 0 Å². The maximum absolute atomic E-state index is 13.1. The third-order valence-electron chi connectivity index (χ3n) is 2.51. The van der Waals surface area contributed by atoms with Gasteiger partial charge in [0.25, 0.3) is 0 Å². The lowest BCUT2D eigenvalue weighted by Crippen LogP contribution is -2.53. The van der Waals surface area contributed by atoms with Crippen LogP contribution < -0.4 is 5.32 Å². The molecular formula is C8H14ClF2NO3. The number of hydrogen-bond acceptors (Lipinski definition) is 3. The monoisotopic (exact) mass is 245 g/mol. The summed E-state index contributed by atoms with van der Waals surface area (Å²) in [7, 11) is 0. The molecule has 1 heterocycles. The van der Waals surface area contributed by atoms with Crippen molar-refractivity contribution in [3.8, 4) is 0 Å². The van der Waals surface area contributed by atoms with Crippen molar-refractivity contribution >= 4 is 18.4 Å². The van der Waals surface area contributed by atoms with Crippen LogP contribution in [0.15, 0.2) is 0 Å². The van der Waals surface area contributed by atoms with E-state index in [1.165, 1.54) is 0 Å².